The van der Waals surface area contributed by atoms with Crippen molar-refractivity contribution < 1.29 is 0 Å². The molecule has 1 fully saturated rings. The molecule has 3 rings (SSSR count). The lowest BCUT2D eigenvalue weighted by Gasteiger charge is -2.37. The molecule has 2 aromatic rings. The number of hydrogen-bond acceptors (Lipinski definition) is 4. The van der Waals surface area contributed by atoms with Gasteiger partial charge in [0.25, 0.3) is 0 Å². The zero-order chi connectivity index (χ0) is 16.1. The molecule has 7 heteroatoms. The standard InChI is InChI=1S/C17H24N4S2.HI/c1-14(15-5-11-22-13-15)12-19-17(18-2)21-8-6-20(7-9-21)16-4-3-10-23-16;/h3-5,10-11,13-14H,6-9,12H2,1-2H3,(H,18,19);1H. The third-order valence-electron chi connectivity index (χ3n) is 4.29. The fourth-order valence-electron chi connectivity index (χ4n) is 2.84. The number of hydrogen-bond donors (Lipinski definition) is 1. The number of aliphatic imine (C=N–C) groups is 1. The van der Waals surface area contributed by atoms with Gasteiger partial charge in [0.05, 0.1) is 5.00 Å². The van der Waals surface area contributed by atoms with Gasteiger partial charge in [0, 0.05) is 39.8 Å². The maximum Gasteiger partial charge on any atom is 0.193 e. The van der Waals surface area contributed by atoms with Crippen molar-refractivity contribution in [1.29, 1.82) is 0 Å². The molecule has 0 saturated carbocycles. The van der Waals surface area contributed by atoms with Crippen LogP contribution in [0.1, 0.15) is 18.4 Å². The molecule has 0 bridgehead atoms. The minimum absolute atomic E-state index is 0. The van der Waals surface area contributed by atoms with Crippen molar-refractivity contribution in [3.63, 3.8) is 0 Å². The number of rotatable bonds is 4. The van der Waals surface area contributed by atoms with E-state index >= 15 is 0 Å². The van der Waals surface area contributed by atoms with Crippen molar-refractivity contribution in [3.05, 3.63) is 39.9 Å². The van der Waals surface area contributed by atoms with Crippen LogP contribution >= 0.6 is 46.7 Å². The number of halogens is 1. The first-order valence-corrected chi connectivity index (χ1v) is 9.86. The zero-order valence-corrected chi connectivity index (χ0v) is 18.1. The third-order valence-corrected chi connectivity index (χ3v) is 5.92. The summed E-state index contributed by atoms with van der Waals surface area (Å²) in [6.07, 6.45) is 0. The molecule has 0 radical (unpaired) electrons. The summed E-state index contributed by atoms with van der Waals surface area (Å²) in [4.78, 5) is 9.30. The van der Waals surface area contributed by atoms with Crippen molar-refractivity contribution in [2.24, 2.45) is 4.99 Å². The molecule has 1 N–H and O–H groups in total. The molecule has 1 saturated heterocycles. The lowest BCUT2D eigenvalue weighted by Crippen LogP contribution is -2.52. The first-order chi connectivity index (χ1) is 11.3. The van der Waals surface area contributed by atoms with E-state index in [0.29, 0.717) is 5.92 Å². The number of thiophene rings is 2. The number of nitrogens with one attached hydrogen (secondary N) is 1. The lowest BCUT2D eigenvalue weighted by molar-refractivity contribution is 0.372. The smallest absolute Gasteiger partial charge is 0.193 e. The number of anilines is 1. The van der Waals surface area contributed by atoms with Gasteiger partial charge in [-0.1, -0.05) is 6.92 Å². The fourth-order valence-corrected chi connectivity index (χ4v) is 4.41. The Labute approximate surface area is 169 Å². The molecule has 0 spiro atoms. The summed E-state index contributed by atoms with van der Waals surface area (Å²) in [7, 11) is 1.88. The Balaban J connectivity index is 0.00000208. The van der Waals surface area contributed by atoms with Crippen LogP contribution in [0.25, 0.3) is 0 Å². The van der Waals surface area contributed by atoms with Crippen LogP contribution in [-0.2, 0) is 0 Å². The Kier molecular flexibility index (Phi) is 7.83. The highest BCUT2D eigenvalue weighted by Crippen LogP contribution is 2.22. The molecule has 132 valence electrons. The zero-order valence-electron chi connectivity index (χ0n) is 14.1. The monoisotopic (exact) mass is 476 g/mol. The van der Waals surface area contributed by atoms with Gasteiger partial charge in [-0.05, 0) is 45.8 Å². The summed E-state index contributed by atoms with van der Waals surface area (Å²) in [5.41, 5.74) is 1.40. The minimum atomic E-state index is 0. The second kappa shape index (κ2) is 9.62. The maximum absolute atomic E-state index is 4.47. The van der Waals surface area contributed by atoms with Gasteiger partial charge in [-0.15, -0.1) is 35.3 Å². The second-order valence-corrected chi connectivity index (χ2v) is 7.52. The van der Waals surface area contributed by atoms with E-state index in [4.69, 9.17) is 0 Å². The van der Waals surface area contributed by atoms with Crippen molar-refractivity contribution in [2.45, 2.75) is 12.8 Å². The molecule has 3 heterocycles. The van der Waals surface area contributed by atoms with Crippen LogP contribution in [0.2, 0.25) is 0 Å². The van der Waals surface area contributed by atoms with E-state index in [2.05, 4.69) is 61.4 Å². The summed E-state index contributed by atoms with van der Waals surface area (Å²) in [5, 5.41) is 11.4. The highest BCUT2D eigenvalue weighted by molar-refractivity contribution is 14.0. The molecule has 0 aromatic carbocycles. The molecule has 1 aliphatic heterocycles. The predicted octanol–water partition coefficient (Wildman–Crippen LogP) is 3.93. The first-order valence-electron chi connectivity index (χ1n) is 8.04. The van der Waals surface area contributed by atoms with Gasteiger partial charge < -0.3 is 15.1 Å². The number of guanidine groups is 1. The van der Waals surface area contributed by atoms with Crippen molar-refractivity contribution >= 4 is 57.6 Å². The predicted molar refractivity (Wildman–Crippen MR) is 118 cm³/mol. The highest BCUT2D eigenvalue weighted by Gasteiger charge is 2.20. The molecule has 1 unspecified atom stereocenters. The summed E-state index contributed by atoms with van der Waals surface area (Å²) >= 11 is 3.58. The molecular weight excluding hydrogens is 451 g/mol. The van der Waals surface area contributed by atoms with E-state index in [9.17, 15) is 0 Å². The quantitative estimate of drug-likeness (QED) is 0.412. The van der Waals surface area contributed by atoms with Crippen LogP contribution in [0, 0.1) is 0 Å². The molecule has 0 amide bonds. The lowest BCUT2D eigenvalue weighted by atomic mass is 10.1. The van der Waals surface area contributed by atoms with Crippen LogP contribution in [0.4, 0.5) is 5.00 Å². The summed E-state index contributed by atoms with van der Waals surface area (Å²) in [6.45, 7) is 7.34. The largest absolute Gasteiger partial charge is 0.360 e. The summed E-state index contributed by atoms with van der Waals surface area (Å²) in [5.74, 6) is 1.53. The van der Waals surface area contributed by atoms with E-state index in [0.717, 1.165) is 38.7 Å². The Morgan fingerprint density at radius 2 is 2.04 bits per heavy atom. The average Bonchev–Trinajstić information content (AvgIpc) is 3.29. The molecule has 1 aliphatic rings. The SMILES string of the molecule is CN=C(NCC(C)c1ccsc1)N1CCN(c2cccs2)CC1.I. The van der Waals surface area contributed by atoms with E-state index in [1.807, 2.05) is 18.4 Å². The van der Waals surface area contributed by atoms with Crippen LogP contribution in [0.5, 0.6) is 0 Å². The third kappa shape index (κ3) is 4.86. The van der Waals surface area contributed by atoms with Gasteiger partial charge in [0.1, 0.15) is 0 Å². The van der Waals surface area contributed by atoms with Crippen LogP contribution in [0.3, 0.4) is 0 Å². The van der Waals surface area contributed by atoms with Gasteiger partial charge in [-0.25, -0.2) is 0 Å². The van der Waals surface area contributed by atoms with Gasteiger partial charge in [-0.3, -0.25) is 4.99 Å². The molecule has 1 atom stereocenters. The van der Waals surface area contributed by atoms with Crippen molar-refractivity contribution in [3.8, 4) is 0 Å². The minimum Gasteiger partial charge on any atom is -0.360 e. The molecule has 4 nitrogen and oxygen atoms in total. The summed E-state index contributed by atoms with van der Waals surface area (Å²) in [6, 6.07) is 6.54. The van der Waals surface area contributed by atoms with Gasteiger partial charge in [0.15, 0.2) is 5.96 Å². The van der Waals surface area contributed by atoms with E-state index < -0.39 is 0 Å². The Morgan fingerprint density at radius 1 is 1.25 bits per heavy atom. The number of nitrogens with zero attached hydrogens (tertiary/aromatic N) is 3. The van der Waals surface area contributed by atoms with Crippen molar-refractivity contribution in [1.82, 2.24) is 10.2 Å². The normalized spacial score (nSPS) is 16.7. The van der Waals surface area contributed by atoms with E-state index in [-0.39, 0.29) is 24.0 Å². The van der Waals surface area contributed by atoms with Crippen molar-refractivity contribution in [2.75, 3.05) is 44.7 Å². The first kappa shape index (κ1) is 19.5. The Bertz CT molecular complexity index is 605. The van der Waals surface area contributed by atoms with E-state index in [1.54, 1.807) is 11.3 Å². The van der Waals surface area contributed by atoms with Gasteiger partial charge in [-0.2, -0.15) is 11.3 Å². The van der Waals surface area contributed by atoms with Crippen LogP contribution < -0.4 is 10.2 Å². The van der Waals surface area contributed by atoms with Crippen LogP contribution in [-0.4, -0.2) is 50.6 Å². The Hall–Kier alpha value is -0.800. The summed E-state index contributed by atoms with van der Waals surface area (Å²) < 4.78 is 0. The number of piperazine rings is 1. The second-order valence-electron chi connectivity index (χ2n) is 5.81. The molecule has 0 aliphatic carbocycles. The topological polar surface area (TPSA) is 30.9 Å². The van der Waals surface area contributed by atoms with Crippen LogP contribution in [0.15, 0.2) is 39.3 Å². The molecule has 24 heavy (non-hydrogen) atoms. The fraction of sp³-hybridized carbons (Fsp3) is 0.471. The molecule has 2 aromatic heterocycles. The average molecular weight is 476 g/mol. The maximum atomic E-state index is 4.47. The van der Waals surface area contributed by atoms with Gasteiger partial charge >= 0.3 is 0 Å². The van der Waals surface area contributed by atoms with E-state index in [1.165, 1.54) is 10.6 Å². The molecular formula is C17H25IN4S2. The van der Waals surface area contributed by atoms with Gasteiger partial charge in [0.2, 0.25) is 0 Å². The highest BCUT2D eigenvalue weighted by atomic mass is 127. The Morgan fingerprint density at radius 3 is 2.62 bits per heavy atom.